The van der Waals surface area contributed by atoms with Crippen LogP contribution in [0.2, 0.25) is 0 Å². The smallest absolute Gasteiger partial charge is 0.156 e. The van der Waals surface area contributed by atoms with Crippen LogP contribution in [0, 0.1) is 25.2 Å². The molecule has 1 aliphatic rings. The van der Waals surface area contributed by atoms with E-state index in [1.807, 2.05) is 39.0 Å². The van der Waals surface area contributed by atoms with E-state index < -0.39 is 0 Å². The van der Waals surface area contributed by atoms with Gasteiger partial charge in [-0.05, 0) is 51.1 Å². The lowest BCUT2D eigenvalue weighted by molar-refractivity contribution is 0.192. The Kier molecular flexibility index (Phi) is 6.86. The second-order valence-corrected chi connectivity index (χ2v) is 7.73. The van der Waals surface area contributed by atoms with Gasteiger partial charge >= 0.3 is 0 Å². The molecule has 156 valence electrons. The van der Waals surface area contributed by atoms with Crippen molar-refractivity contribution in [3.63, 3.8) is 0 Å². The molecule has 1 aromatic carbocycles. The van der Waals surface area contributed by atoms with Crippen LogP contribution in [-0.4, -0.2) is 53.2 Å². The monoisotopic (exact) mass is 402 g/mol. The van der Waals surface area contributed by atoms with Crippen LogP contribution >= 0.6 is 0 Å². The Morgan fingerprint density at radius 3 is 2.60 bits per heavy atom. The van der Waals surface area contributed by atoms with Gasteiger partial charge in [-0.15, -0.1) is 5.10 Å². The van der Waals surface area contributed by atoms with Crippen LogP contribution in [0.1, 0.15) is 29.3 Å². The number of anilines is 1. The molecular formula is C24H30N6. The molecule has 0 bridgehead atoms. The minimum atomic E-state index is 0.573. The third kappa shape index (κ3) is 4.69. The van der Waals surface area contributed by atoms with E-state index in [-0.39, 0.29) is 0 Å². The van der Waals surface area contributed by atoms with Crippen molar-refractivity contribution in [2.24, 2.45) is 0 Å². The summed E-state index contributed by atoms with van der Waals surface area (Å²) in [7, 11) is 2.15. The number of hydrogen-bond acceptors (Lipinski definition) is 6. The van der Waals surface area contributed by atoms with Crippen LogP contribution in [0.15, 0.2) is 30.5 Å². The number of aryl methyl sites for hydroxylation is 1. The van der Waals surface area contributed by atoms with Gasteiger partial charge in [-0.3, -0.25) is 0 Å². The average molecular weight is 403 g/mol. The Hall–Kier alpha value is -3.17. The lowest BCUT2D eigenvalue weighted by Crippen LogP contribution is -2.44. The fourth-order valence-corrected chi connectivity index (χ4v) is 3.72. The molecule has 6 nitrogen and oxygen atoms in total. The lowest BCUT2D eigenvalue weighted by Gasteiger charge is -2.34. The number of hydrogen-bond donors (Lipinski definition) is 1. The standard InChI is InChI=1S/C24H30N6/c1-6-22-19(4)27-28-24(26-16-21-9-7-8-20(15-25)18(21)3)23(22)14-17(2)30-12-10-29(5)11-13-30/h6-9,14H,2,10-13,16H2,1,3-5H3,(H,26,28)/b22-6-,23-14+. The first-order valence-electron chi connectivity index (χ1n) is 10.3. The summed E-state index contributed by atoms with van der Waals surface area (Å²) in [6.07, 6.45) is 4.18. The number of likely N-dealkylation sites (N-methyl/N-ethyl adjacent to an activating group) is 1. The summed E-state index contributed by atoms with van der Waals surface area (Å²) in [6.45, 7) is 14.9. The van der Waals surface area contributed by atoms with Crippen molar-refractivity contribution in [3.05, 3.63) is 63.3 Å². The Bertz CT molecular complexity index is 1090. The van der Waals surface area contributed by atoms with E-state index in [0.717, 1.165) is 65.0 Å². The quantitative estimate of drug-likeness (QED) is 0.824. The fraction of sp³-hybridized carbons (Fsp3) is 0.375. The van der Waals surface area contributed by atoms with E-state index in [1.165, 1.54) is 0 Å². The summed E-state index contributed by atoms with van der Waals surface area (Å²) < 4.78 is 0. The SMILES string of the molecule is C=C(/C=c1/c(NCc2cccc(C#N)c2C)nnc(C)/c1=C/C)N1CCN(C)CC1. The number of nitriles is 1. The van der Waals surface area contributed by atoms with Gasteiger partial charge in [-0.2, -0.15) is 10.4 Å². The van der Waals surface area contributed by atoms with E-state index in [9.17, 15) is 5.26 Å². The highest BCUT2D eigenvalue weighted by Gasteiger charge is 2.14. The second kappa shape index (κ2) is 9.55. The Morgan fingerprint density at radius 1 is 1.20 bits per heavy atom. The molecule has 1 saturated heterocycles. The van der Waals surface area contributed by atoms with E-state index in [0.29, 0.717) is 12.1 Å². The Balaban J connectivity index is 1.94. The molecule has 0 unspecified atom stereocenters. The first-order valence-corrected chi connectivity index (χ1v) is 10.3. The van der Waals surface area contributed by atoms with Crippen LogP contribution in [0.3, 0.4) is 0 Å². The molecule has 0 atom stereocenters. The second-order valence-electron chi connectivity index (χ2n) is 7.73. The first-order chi connectivity index (χ1) is 14.4. The van der Waals surface area contributed by atoms with Crippen LogP contribution in [0.5, 0.6) is 0 Å². The van der Waals surface area contributed by atoms with Gasteiger partial charge in [-0.1, -0.05) is 24.8 Å². The normalized spacial score (nSPS) is 15.9. The van der Waals surface area contributed by atoms with Gasteiger partial charge < -0.3 is 15.1 Å². The van der Waals surface area contributed by atoms with Gasteiger partial charge in [0, 0.05) is 48.9 Å². The van der Waals surface area contributed by atoms with E-state index >= 15 is 0 Å². The maximum absolute atomic E-state index is 9.29. The van der Waals surface area contributed by atoms with Crippen LogP contribution in [0.25, 0.3) is 12.2 Å². The third-order valence-electron chi connectivity index (χ3n) is 5.76. The molecule has 1 fully saturated rings. The number of allylic oxidation sites excluding steroid dienone is 1. The first kappa shape index (κ1) is 21.5. The topological polar surface area (TPSA) is 68.1 Å². The lowest BCUT2D eigenvalue weighted by atomic mass is 10.0. The molecule has 0 amide bonds. The summed E-state index contributed by atoms with van der Waals surface area (Å²) in [5.41, 5.74) is 4.64. The number of benzene rings is 1. The van der Waals surface area contributed by atoms with Gasteiger partial charge in [0.15, 0.2) is 5.82 Å². The van der Waals surface area contributed by atoms with Crippen LogP contribution in [0.4, 0.5) is 5.82 Å². The number of aromatic nitrogens is 2. The molecule has 2 aromatic rings. The maximum Gasteiger partial charge on any atom is 0.156 e. The highest BCUT2D eigenvalue weighted by Crippen LogP contribution is 2.14. The average Bonchev–Trinajstić information content (AvgIpc) is 2.74. The van der Waals surface area contributed by atoms with E-state index in [2.05, 4.69) is 57.2 Å². The highest BCUT2D eigenvalue weighted by molar-refractivity contribution is 5.54. The van der Waals surface area contributed by atoms with Crippen molar-refractivity contribution < 1.29 is 0 Å². The Morgan fingerprint density at radius 2 is 1.93 bits per heavy atom. The van der Waals surface area contributed by atoms with Crippen molar-refractivity contribution in [1.82, 2.24) is 20.0 Å². The highest BCUT2D eigenvalue weighted by atomic mass is 15.2. The van der Waals surface area contributed by atoms with Gasteiger partial charge in [0.05, 0.1) is 17.3 Å². The zero-order valence-electron chi connectivity index (χ0n) is 18.4. The number of rotatable bonds is 5. The molecule has 6 heteroatoms. The van der Waals surface area contributed by atoms with Gasteiger partial charge in [0.1, 0.15) is 0 Å². The molecule has 1 aliphatic heterocycles. The van der Waals surface area contributed by atoms with Gasteiger partial charge in [0.25, 0.3) is 0 Å². The summed E-state index contributed by atoms with van der Waals surface area (Å²) in [5.74, 6) is 0.728. The predicted molar refractivity (Wildman–Crippen MR) is 122 cm³/mol. The number of piperazine rings is 1. The molecule has 30 heavy (non-hydrogen) atoms. The molecule has 2 heterocycles. The number of nitrogens with one attached hydrogen (secondary N) is 1. The summed E-state index contributed by atoms with van der Waals surface area (Å²) in [6, 6.07) is 8.04. The van der Waals surface area contributed by atoms with Crippen molar-refractivity contribution in [1.29, 1.82) is 5.26 Å². The predicted octanol–water partition coefficient (Wildman–Crippen LogP) is 1.92. The molecule has 1 N–H and O–H groups in total. The zero-order valence-corrected chi connectivity index (χ0v) is 18.4. The Labute approximate surface area is 178 Å². The van der Waals surface area contributed by atoms with E-state index in [1.54, 1.807) is 0 Å². The van der Waals surface area contributed by atoms with Crippen molar-refractivity contribution >= 4 is 18.0 Å². The molecular weight excluding hydrogens is 372 g/mol. The molecule has 3 rings (SSSR count). The third-order valence-corrected chi connectivity index (χ3v) is 5.76. The largest absolute Gasteiger partial charge is 0.369 e. The van der Waals surface area contributed by atoms with Gasteiger partial charge in [0.2, 0.25) is 0 Å². The maximum atomic E-state index is 9.29. The minimum Gasteiger partial charge on any atom is -0.369 e. The molecule has 0 radical (unpaired) electrons. The van der Waals surface area contributed by atoms with Crippen molar-refractivity contribution in [2.75, 3.05) is 38.5 Å². The van der Waals surface area contributed by atoms with Crippen molar-refractivity contribution in [3.8, 4) is 6.07 Å². The molecule has 1 aromatic heterocycles. The molecule has 0 aliphatic carbocycles. The zero-order chi connectivity index (χ0) is 21.7. The summed E-state index contributed by atoms with van der Waals surface area (Å²) in [5, 5.41) is 23.6. The van der Waals surface area contributed by atoms with Crippen LogP contribution < -0.4 is 15.8 Å². The fourth-order valence-electron chi connectivity index (χ4n) is 3.72. The minimum absolute atomic E-state index is 0.573. The summed E-state index contributed by atoms with van der Waals surface area (Å²) in [4.78, 5) is 4.65. The van der Waals surface area contributed by atoms with Gasteiger partial charge in [-0.25, -0.2) is 0 Å². The molecule has 0 spiro atoms. The summed E-state index contributed by atoms with van der Waals surface area (Å²) >= 11 is 0. The van der Waals surface area contributed by atoms with Crippen molar-refractivity contribution in [2.45, 2.75) is 27.3 Å². The molecule has 0 saturated carbocycles. The van der Waals surface area contributed by atoms with Crippen LogP contribution in [-0.2, 0) is 6.54 Å². The van der Waals surface area contributed by atoms with E-state index in [4.69, 9.17) is 0 Å². The number of nitrogens with zero attached hydrogens (tertiary/aromatic N) is 5.